The average Bonchev–Trinajstić information content (AvgIpc) is 2.66. The Kier molecular flexibility index (Phi) is 12.7. The van der Waals surface area contributed by atoms with E-state index in [1.807, 2.05) is 0 Å². The second-order valence-corrected chi connectivity index (χ2v) is 12.5. The molecular weight excluding hydrogens is 368 g/mol. The largest absolute Gasteiger partial charge is 0.173 e. The Labute approximate surface area is 190 Å². The fourth-order valence-corrected chi connectivity index (χ4v) is 6.62. The maximum atomic E-state index is 5.11. The van der Waals surface area contributed by atoms with Crippen molar-refractivity contribution in [1.82, 2.24) is 0 Å². The fraction of sp³-hybridized carbons (Fsp3) is 1.00. The SMILES string of the molecule is CC1(S)CCCCCCCCCCCCCC(C2(C)CCCCCCC2)CCC1. The van der Waals surface area contributed by atoms with Gasteiger partial charge in [-0.15, -0.1) is 0 Å². The van der Waals surface area contributed by atoms with Gasteiger partial charge in [-0.1, -0.05) is 123 Å². The third-order valence-corrected chi connectivity index (χ3v) is 8.96. The molecule has 2 saturated carbocycles. The second kappa shape index (κ2) is 14.4. The average molecular weight is 423 g/mol. The molecule has 0 bridgehead atoms. The van der Waals surface area contributed by atoms with Crippen LogP contribution in [0.3, 0.4) is 0 Å². The van der Waals surface area contributed by atoms with Crippen LogP contribution in [0.2, 0.25) is 0 Å². The van der Waals surface area contributed by atoms with Crippen LogP contribution in [-0.2, 0) is 0 Å². The van der Waals surface area contributed by atoms with Crippen molar-refractivity contribution >= 4 is 12.6 Å². The lowest BCUT2D eigenvalue weighted by atomic mass is 9.65. The minimum Gasteiger partial charge on any atom is -0.173 e. The molecule has 0 aromatic rings. The lowest BCUT2D eigenvalue weighted by Gasteiger charge is -2.40. The van der Waals surface area contributed by atoms with Gasteiger partial charge < -0.3 is 0 Å². The normalized spacial score (nSPS) is 33.0. The zero-order valence-corrected chi connectivity index (χ0v) is 21.2. The number of hydrogen-bond donors (Lipinski definition) is 1. The highest BCUT2D eigenvalue weighted by atomic mass is 32.1. The Bertz CT molecular complexity index is 391. The molecule has 29 heavy (non-hydrogen) atoms. The van der Waals surface area contributed by atoms with Crippen molar-refractivity contribution in [2.24, 2.45) is 11.3 Å². The minimum atomic E-state index is 0.262. The summed E-state index contributed by atoms with van der Waals surface area (Å²) >= 11 is 5.11. The van der Waals surface area contributed by atoms with E-state index < -0.39 is 0 Å². The fourth-order valence-electron chi connectivity index (χ4n) is 6.30. The van der Waals surface area contributed by atoms with E-state index in [2.05, 4.69) is 13.8 Å². The van der Waals surface area contributed by atoms with Crippen molar-refractivity contribution in [2.75, 3.05) is 0 Å². The monoisotopic (exact) mass is 422 g/mol. The van der Waals surface area contributed by atoms with E-state index in [-0.39, 0.29) is 4.75 Å². The maximum absolute atomic E-state index is 5.11. The highest BCUT2D eigenvalue weighted by molar-refractivity contribution is 7.81. The van der Waals surface area contributed by atoms with Gasteiger partial charge >= 0.3 is 0 Å². The van der Waals surface area contributed by atoms with Crippen LogP contribution < -0.4 is 0 Å². The Morgan fingerprint density at radius 3 is 1.31 bits per heavy atom. The van der Waals surface area contributed by atoms with Gasteiger partial charge in [0.25, 0.3) is 0 Å². The lowest BCUT2D eigenvalue weighted by Crippen LogP contribution is -2.29. The number of thiol groups is 1. The van der Waals surface area contributed by atoms with Crippen LogP contribution in [0.1, 0.15) is 162 Å². The molecule has 2 atom stereocenters. The van der Waals surface area contributed by atoms with Gasteiger partial charge in [0, 0.05) is 4.75 Å². The predicted octanol–water partition coefficient (Wildman–Crippen LogP) is 10.3. The van der Waals surface area contributed by atoms with Gasteiger partial charge in [0.2, 0.25) is 0 Å². The summed E-state index contributed by atoms with van der Waals surface area (Å²) in [5.74, 6) is 0.962. The topological polar surface area (TPSA) is 0 Å². The molecule has 1 heteroatoms. The first kappa shape index (κ1) is 25.6. The van der Waals surface area contributed by atoms with Crippen molar-refractivity contribution in [3.05, 3.63) is 0 Å². The first-order valence-electron chi connectivity index (χ1n) is 13.7. The van der Waals surface area contributed by atoms with E-state index in [1.54, 1.807) is 0 Å². The first-order chi connectivity index (χ1) is 14.0. The molecule has 0 amide bonds. The molecule has 2 unspecified atom stereocenters. The Morgan fingerprint density at radius 1 is 0.448 bits per heavy atom. The zero-order chi connectivity index (χ0) is 20.8. The van der Waals surface area contributed by atoms with E-state index in [1.165, 1.54) is 148 Å². The summed E-state index contributed by atoms with van der Waals surface area (Å²) in [5, 5.41) is 0. The van der Waals surface area contributed by atoms with Gasteiger partial charge in [-0.3, -0.25) is 0 Å². The van der Waals surface area contributed by atoms with E-state index >= 15 is 0 Å². The molecule has 2 fully saturated rings. The van der Waals surface area contributed by atoms with Crippen LogP contribution >= 0.6 is 12.6 Å². The van der Waals surface area contributed by atoms with Crippen molar-refractivity contribution in [1.29, 1.82) is 0 Å². The summed E-state index contributed by atoms with van der Waals surface area (Å²) in [4.78, 5) is 0. The molecule has 0 heterocycles. The smallest absolute Gasteiger partial charge is 0.0101 e. The number of hydrogen-bond acceptors (Lipinski definition) is 1. The number of rotatable bonds is 1. The highest BCUT2D eigenvalue weighted by Crippen LogP contribution is 2.45. The van der Waals surface area contributed by atoms with Crippen molar-refractivity contribution in [3.8, 4) is 0 Å². The molecule has 0 nitrogen and oxygen atoms in total. The molecule has 0 aromatic carbocycles. The molecule has 0 saturated heterocycles. The lowest BCUT2D eigenvalue weighted by molar-refractivity contribution is 0.112. The summed E-state index contributed by atoms with van der Waals surface area (Å²) < 4.78 is 0.262. The van der Waals surface area contributed by atoms with Gasteiger partial charge in [0.1, 0.15) is 0 Å². The van der Waals surface area contributed by atoms with Crippen LogP contribution in [0.4, 0.5) is 0 Å². The summed E-state index contributed by atoms with van der Waals surface area (Å²) in [7, 11) is 0. The van der Waals surface area contributed by atoms with Crippen molar-refractivity contribution in [2.45, 2.75) is 166 Å². The van der Waals surface area contributed by atoms with E-state index in [4.69, 9.17) is 12.6 Å². The van der Waals surface area contributed by atoms with Crippen LogP contribution in [0.25, 0.3) is 0 Å². The molecular formula is C28H54S. The van der Waals surface area contributed by atoms with E-state index in [9.17, 15) is 0 Å². The molecule has 0 radical (unpaired) electrons. The minimum absolute atomic E-state index is 0.262. The van der Waals surface area contributed by atoms with Crippen LogP contribution in [0.15, 0.2) is 0 Å². The Morgan fingerprint density at radius 2 is 0.793 bits per heavy atom. The van der Waals surface area contributed by atoms with Crippen molar-refractivity contribution < 1.29 is 0 Å². The molecule has 2 aliphatic rings. The molecule has 2 rings (SSSR count). The van der Waals surface area contributed by atoms with Gasteiger partial charge in [0.15, 0.2) is 0 Å². The third-order valence-electron chi connectivity index (χ3n) is 8.52. The van der Waals surface area contributed by atoms with Crippen molar-refractivity contribution in [3.63, 3.8) is 0 Å². The standard InChI is InChI=1S/C28H54S/c1-27(22-16-12-10-13-17-23-27)26-20-15-11-8-6-4-3-5-7-9-14-18-24-28(2,29)25-19-21-26/h26,29H,3-25H2,1-2H3. The van der Waals surface area contributed by atoms with Gasteiger partial charge in [-0.05, 0) is 49.9 Å². The van der Waals surface area contributed by atoms with E-state index in [0.717, 1.165) is 5.92 Å². The summed E-state index contributed by atoms with van der Waals surface area (Å²) in [6.07, 6.45) is 33.5. The van der Waals surface area contributed by atoms with E-state index in [0.29, 0.717) is 5.41 Å². The molecule has 172 valence electrons. The Balaban J connectivity index is 1.93. The molecule has 2 aliphatic carbocycles. The van der Waals surface area contributed by atoms with Crippen LogP contribution in [0, 0.1) is 11.3 Å². The summed E-state index contributed by atoms with van der Waals surface area (Å²) in [6.45, 7) is 5.09. The summed E-state index contributed by atoms with van der Waals surface area (Å²) in [6, 6.07) is 0. The summed E-state index contributed by atoms with van der Waals surface area (Å²) in [5.41, 5.74) is 0.619. The molecule has 0 N–H and O–H groups in total. The maximum Gasteiger partial charge on any atom is 0.0101 e. The molecule has 0 aromatic heterocycles. The van der Waals surface area contributed by atoms with Gasteiger partial charge in [-0.2, -0.15) is 12.6 Å². The van der Waals surface area contributed by atoms with Gasteiger partial charge in [-0.25, -0.2) is 0 Å². The first-order valence-corrected chi connectivity index (χ1v) is 14.2. The third kappa shape index (κ3) is 11.0. The molecule has 0 spiro atoms. The Hall–Kier alpha value is 0.350. The zero-order valence-electron chi connectivity index (χ0n) is 20.3. The second-order valence-electron chi connectivity index (χ2n) is 11.4. The predicted molar refractivity (Wildman–Crippen MR) is 135 cm³/mol. The highest BCUT2D eigenvalue weighted by Gasteiger charge is 2.33. The quantitative estimate of drug-likeness (QED) is 0.399. The van der Waals surface area contributed by atoms with Gasteiger partial charge in [0.05, 0.1) is 0 Å². The van der Waals surface area contributed by atoms with Crippen LogP contribution in [0.5, 0.6) is 0 Å². The molecule has 0 aliphatic heterocycles. The van der Waals surface area contributed by atoms with Crippen LogP contribution in [-0.4, -0.2) is 4.75 Å².